The smallest absolute Gasteiger partial charge is 0.232 e. The van der Waals surface area contributed by atoms with Crippen LogP contribution in [0.1, 0.15) is 17.7 Å². The fourth-order valence-electron chi connectivity index (χ4n) is 3.19. The first-order chi connectivity index (χ1) is 12.2. The van der Waals surface area contributed by atoms with Crippen LogP contribution in [0.3, 0.4) is 0 Å². The lowest BCUT2D eigenvalue weighted by Gasteiger charge is -2.29. The van der Waals surface area contributed by atoms with Gasteiger partial charge in [0.15, 0.2) is 0 Å². The molecule has 0 bridgehead atoms. The number of hydrogen-bond acceptors (Lipinski definition) is 4. The second kappa shape index (κ2) is 6.73. The molecule has 5 heteroatoms. The molecular formula is C20H19ClN4. The van der Waals surface area contributed by atoms with Crippen molar-refractivity contribution < 1.29 is 0 Å². The largest absolute Gasteiger partial charge is 0.340 e. The summed E-state index contributed by atoms with van der Waals surface area (Å²) in [5, 5.41) is 4.02. The molecule has 0 unspecified atom stereocenters. The van der Waals surface area contributed by atoms with Crippen molar-refractivity contribution in [1.29, 1.82) is 0 Å². The van der Waals surface area contributed by atoms with Gasteiger partial charge in [-0.15, -0.1) is 0 Å². The first-order valence-corrected chi connectivity index (χ1v) is 8.80. The number of aryl methyl sites for hydroxylation is 2. The molecule has 1 aromatic heterocycles. The van der Waals surface area contributed by atoms with Crippen molar-refractivity contribution in [3.05, 3.63) is 70.9 Å². The molecule has 0 aliphatic carbocycles. The van der Waals surface area contributed by atoms with Crippen molar-refractivity contribution in [2.75, 3.05) is 16.8 Å². The van der Waals surface area contributed by atoms with Gasteiger partial charge >= 0.3 is 0 Å². The molecule has 0 saturated heterocycles. The highest BCUT2D eigenvalue weighted by Gasteiger charge is 2.20. The Morgan fingerprint density at radius 1 is 1.04 bits per heavy atom. The number of anilines is 4. The molecule has 2 aromatic carbocycles. The molecule has 126 valence electrons. The van der Waals surface area contributed by atoms with Gasteiger partial charge in [-0.1, -0.05) is 35.9 Å². The molecular weight excluding hydrogens is 332 g/mol. The second-order valence-electron chi connectivity index (χ2n) is 6.21. The van der Waals surface area contributed by atoms with Gasteiger partial charge in [-0.2, -0.15) is 4.98 Å². The van der Waals surface area contributed by atoms with Crippen LogP contribution < -0.4 is 10.2 Å². The minimum atomic E-state index is 0.695. The minimum absolute atomic E-state index is 0.695. The Morgan fingerprint density at radius 2 is 1.92 bits per heavy atom. The molecule has 4 rings (SSSR count). The number of para-hydroxylation sites is 1. The molecule has 0 fully saturated rings. The highest BCUT2D eigenvalue weighted by atomic mass is 35.5. The molecule has 4 nitrogen and oxygen atoms in total. The zero-order valence-electron chi connectivity index (χ0n) is 14.0. The maximum atomic E-state index is 6.07. The Balaban J connectivity index is 1.69. The van der Waals surface area contributed by atoms with E-state index in [4.69, 9.17) is 16.6 Å². The van der Waals surface area contributed by atoms with Crippen LogP contribution in [0.4, 0.5) is 23.1 Å². The van der Waals surface area contributed by atoms with Crippen LogP contribution in [0.25, 0.3) is 0 Å². The lowest BCUT2D eigenvalue weighted by Crippen LogP contribution is -2.26. The summed E-state index contributed by atoms with van der Waals surface area (Å²) >= 11 is 6.07. The minimum Gasteiger partial charge on any atom is -0.340 e. The topological polar surface area (TPSA) is 41.1 Å². The number of halogens is 1. The second-order valence-corrected chi connectivity index (χ2v) is 6.65. The highest BCUT2D eigenvalue weighted by molar-refractivity contribution is 6.30. The van der Waals surface area contributed by atoms with Crippen molar-refractivity contribution in [2.45, 2.75) is 19.8 Å². The summed E-state index contributed by atoms with van der Waals surface area (Å²) < 4.78 is 0. The average molecular weight is 351 g/mol. The van der Waals surface area contributed by atoms with Gasteiger partial charge in [-0.05, 0) is 49.6 Å². The number of aromatic nitrogens is 2. The molecule has 0 amide bonds. The maximum absolute atomic E-state index is 6.07. The zero-order valence-corrected chi connectivity index (χ0v) is 14.8. The molecule has 0 spiro atoms. The summed E-state index contributed by atoms with van der Waals surface area (Å²) in [4.78, 5) is 11.6. The van der Waals surface area contributed by atoms with E-state index in [0.717, 1.165) is 42.5 Å². The van der Waals surface area contributed by atoms with E-state index in [9.17, 15) is 0 Å². The van der Waals surface area contributed by atoms with Gasteiger partial charge in [0.1, 0.15) is 5.82 Å². The highest BCUT2D eigenvalue weighted by Crippen LogP contribution is 2.32. The number of fused-ring (bicyclic) bond motifs is 1. The summed E-state index contributed by atoms with van der Waals surface area (Å²) in [7, 11) is 0. The fourth-order valence-corrected chi connectivity index (χ4v) is 3.38. The fraction of sp³-hybridized carbons (Fsp3) is 0.200. The van der Waals surface area contributed by atoms with Gasteiger partial charge in [0.25, 0.3) is 0 Å². The Hall–Kier alpha value is -2.59. The average Bonchev–Trinajstić information content (AvgIpc) is 2.61. The van der Waals surface area contributed by atoms with Crippen LogP contribution in [-0.4, -0.2) is 16.5 Å². The first-order valence-electron chi connectivity index (χ1n) is 8.43. The lowest BCUT2D eigenvalue weighted by atomic mass is 10.0. The summed E-state index contributed by atoms with van der Waals surface area (Å²) in [6.45, 7) is 2.92. The number of nitrogens with one attached hydrogen (secondary N) is 1. The predicted molar refractivity (Wildman–Crippen MR) is 103 cm³/mol. The van der Waals surface area contributed by atoms with E-state index < -0.39 is 0 Å². The molecule has 2 heterocycles. The summed E-state index contributed by atoms with van der Waals surface area (Å²) in [6, 6.07) is 18.1. The zero-order chi connectivity index (χ0) is 17.2. The molecule has 0 radical (unpaired) electrons. The van der Waals surface area contributed by atoms with E-state index >= 15 is 0 Å². The van der Waals surface area contributed by atoms with E-state index in [2.05, 4.69) is 39.5 Å². The van der Waals surface area contributed by atoms with Gasteiger partial charge in [0.2, 0.25) is 5.95 Å². The van der Waals surface area contributed by atoms with Gasteiger partial charge < -0.3 is 10.2 Å². The molecule has 0 atom stereocenters. The third-order valence-corrected chi connectivity index (χ3v) is 4.53. The number of benzene rings is 2. The van der Waals surface area contributed by atoms with Gasteiger partial charge in [-0.25, -0.2) is 4.98 Å². The molecule has 0 saturated carbocycles. The summed E-state index contributed by atoms with van der Waals surface area (Å²) in [6.07, 6.45) is 2.21. The van der Waals surface area contributed by atoms with Crippen LogP contribution in [0.5, 0.6) is 0 Å². The van der Waals surface area contributed by atoms with E-state index in [-0.39, 0.29) is 0 Å². The van der Waals surface area contributed by atoms with Crippen LogP contribution in [0.2, 0.25) is 5.02 Å². The van der Waals surface area contributed by atoms with Crippen LogP contribution in [0, 0.1) is 6.92 Å². The normalized spacial score (nSPS) is 13.4. The van der Waals surface area contributed by atoms with Crippen molar-refractivity contribution >= 4 is 34.7 Å². The third kappa shape index (κ3) is 3.44. The first kappa shape index (κ1) is 15.9. The summed E-state index contributed by atoms with van der Waals surface area (Å²) in [5.74, 6) is 1.50. The maximum Gasteiger partial charge on any atom is 0.232 e. The molecule has 1 aliphatic rings. The van der Waals surface area contributed by atoms with Crippen molar-refractivity contribution in [3.63, 3.8) is 0 Å². The van der Waals surface area contributed by atoms with Crippen LogP contribution in [-0.2, 0) is 6.42 Å². The van der Waals surface area contributed by atoms with Crippen molar-refractivity contribution in [1.82, 2.24) is 9.97 Å². The SMILES string of the molecule is Cc1cc(Nc2cccc(Cl)c2)nc(N2CCCc3ccccc32)n1. The van der Waals surface area contributed by atoms with Crippen molar-refractivity contribution in [3.8, 4) is 0 Å². The van der Waals surface area contributed by atoms with Crippen molar-refractivity contribution in [2.24, 2.45) is 0 Å². The Labute approximate surface area is 152 Å². The van der Waals surface area contributed by atoms with Crippen LogP contribution >= 0.6 is 11.6 Å². The third-order valence-electron chi connectivity index (χ3n) is 4.29. The quantitative estimate of drug-likeness (QED) is 0.699. The standard InChI is InChI=1S/C20H19ClN4/c1-14-12-19(23-17-9-4-8-16(21)13-17)24-20(22-14)25-11-5-7-15-6-2-3-10-18(15)25/h2-4,6,8-10,12-13H,5,7,11H2,1H3,(H,22,23,24). The van der Waals surface area contributed by atoms with Gasteiger partial charge in [0, 0.05) is 34.7 Å². The van der Waals surface area contributed by atoms with E-state index in [1.54, 1.807) is 0 Å². The molecule has 1 N–H and O–H groups in total. The Morgan fingerprint density at radius 3 is 2.80 bits per heavy atom. The number of hydrogen-bond donors (Lipinski definition) is 1. The molecule has 3 aromatic rings. The van der Waals surface area contributed by atoms with E-state index in [1.165, 1.54) is 11.3 Å². The van der Waals surface area contributed by atoms with Crippen LogP contribution in [0.15, 0.2) is 54.6 Å². The Bertz CT molecular complexity index is 910. The Kier molecular flexibility index (Phi) is 4.28. The van der Waals surface area contributed by atoms with E-state index in [1.807, 2.05) is 37.3 Å². The van der Waals surface area contributed by atoms with Gasteiger partial charge in [-0.3, -0.25) is 0 Å². The number of nitrogens with zero attached hydrogens (tertiary/aromatic N) is 3. The van der Waals surface area contributed by atoms with E-state index in [0.29, 0.717) is 5.02 Å². The number of rotatable bonds is 3. The van der Waals surface area contributed by atoms with Gasteiger partial charge in [0.05, 0.1) is 0 Å². The summed E-state index contributed by atoms with van der Waals surface area (Å²) in [5.41, 5.74) is 4.39. The monoisotopic (exact) mass is 350 g/mol. The predicted octanol–water partition coefficient (Wildman–Crippen LogP) is 5.27. The lowest BCUT2D eigenvalue weighted by molar-refractivity contribution is 0.749. The molecule has 25 heavy (non-hydrogen) atoms. The molecule has 1 aliphatic heterocycles.